The summed E-state index contributed by atoms with van der Waals surface area (Å²) in [7, 11) is 0. The second-order valence-corrected chi connectivity index (χ2v) is 12.8. The number of ether oxygens (including phenoxy) is 1. The summed E-state index contributed by atoms with van der Waals surface area (Å²) in [5.41, 5.74) is 6.57. The van der Waals surface area contributed by atoms with Gasteiger partial charge in [-0.15, -0.1) is 21.5 Å². The number of aromatic nitrogens is 4. The molecule has 0 aromatic carbocycles. The Kier molecular flexibility index (Phi) is 10.9. The molecule has 2 unspecified atom stereocenters. The third-order valence-corrected chi connectivity index (χ3v) is 8.68. The summed E-state index contributed by atoms with van der Waals surface area (Å²) in [6.07, 6.45) is 5.97. The summed E-state index contributed by atoms with van der Waals surface area (Å²) in [6.45, 7) is 7.34. The van der Waals surface area contributed by atoms with Crippen LogP contribution in [0.15, 0.2) is 36.7 Å². The predicted molar refractivity (Wildman–Crippen MR) is 164 cm³/mol. The van der Waals surface area contributed by atoms with Crippen molar-refractivity contribution in [2.45, 2.75) is 71.0 Å². The first-order valence-electron chi connectivity index (χ1n) is 14.6. The fraction of sp³-hybridized carbons (Fsp3) is 0.500. The van der Waals surface area contributed by atoms with Crippen molar-refractivity contribution in [3.05, 3.63) is 53.0 Å². The van der Waals surface area contributed by atoms with E-state index < -0.39 is 36.5 Å². The number of amides is 2. The van der Waals surface area contributed by atoms with E-state index in [-0.39, 0.29) is 29.6 Å². The van der Waals surface area contributed by atoms with Crippen molar-refractivity contribution in [1.29, 1.82) is 0 Å². The molecule has 3 heterocycles. The second-order valence-electron chi connectivity index (χ2n) is 11.6. The van der Waals surface area contributed by atoms with Gasteiger partial charge in [-0.2, -0.15) is 0 Å². The van der Waals surface area contributed by atoms with Crippen molar-refractivity contribution in [2.75, 3.05) is 18.5 Å². The quantitative estimate of drug-likeness (QED) is 0.195. The van der Waals surface area contributed by atoms with E-state index >= 15 is 0 Å². The average molecular weight is 627 g/mol. The van der Waals surface area contributed by atoms with E-state index in [0.29, 0.717) is 28.8 Å². The van der Waals surface area contributed by atoms with Gasteiger partial charge in [0.2, 0.25) is 5.91 Å². The maximum Gasteiger partial charge on any atom is 0.329 e. The van der Waals surface area contributed by atoms with Gasteiger partial charge in [-0.25, -0.2) is 14.2 Å². The molecular weight excluding hydrogens is 587 g/mol. The van der Waals surface area contributed by atoms with Gasteiger partial charge in [-0.1, -0.05) is 34.1 Å². The van der Waals surface area contributed by atoms with Crippen molar-refractivity contribution < 1.29 is 23.5 Å². The molecule has 0 bridgehead atoms. The Morgan fingerprint density at radius 1 is 1.09 bits per heavy atom. The Bertz CT molecular complexity index is 1440. The number of thiazole rings is 1. The molecule has 0 spiro atoms. The number of esters is 1. The fourth-order valence-electron chi connectivity index (χ4n) is 4.70. The number of rotatable bonds is 14. The molecule has 14 heteroatoms. The lowest BCUT2D eigenvalue weighted by molar-refractivity contribution is -0.153. The molecule has 0 saturated heterocycles. The largest absolute Gasteiger partial charge is 0.454 e. The maximum absolute atomic E-state index is 14.4. The highest BCUT2D eigenvalue weighted by molar-refractivity contribution is 7.15. The molecule has 12 nitrogen and oxygen atoms in total. The van der Waals surface area contributed by atoms with Crippen molar-refractivity contribution >= 4 is 34.9 Å². The zero-order chi connectivity index (χ0) is 31.9. The number of halogens is 1. The fourth-order valence-corrected chi connectivity index (χ4v) is 5.51. The lowest BCUT2D eigenvalue weighted by Crippen LogP contribution is -2.52. The smallest absolute Gasteiger partial charge is 0.329 e. The van der Waals surface area contributed by atoms with Crippen LogP contribution in [0.4, 0.5) is 10.2 Å². The van der Waals surface area contributed by atoms with Crippen LogP contribution in [-0.4, -0.2) is 63.2 Å². The van der Waals surface area contributed by atoms with Gasteiger partial charge >= 0.3 is 5.97 Å². The SMILES string of the molecule is CC(C)C(N)C(=O)NC(C(=O)OCC(=O)NCc1cnc(-c2ccc(NCC3(c4ncccc4F)CCC3)nn2)s1)C(C)C. The van der Waals surface area contributed by atoms with Crippen LogP contribution in [0.5, 0.6) is 0 Å². The molecule has 236 valence electrons. The third kappa shape index (κ3) is 8.11. The Hall–Kier alpha value is -4.04. The molecule has 3 aromatic heterocycles. The number of carbonyl (C=O) groups is 3. The molecule has 2 atom stereocenters. The van der Waals surface area contributed by atoms with Crippen LogP contribution in [-0.2, 0) is 31.1 Å². The molecule has 0 aliphatic heterocycles. The average Bonchev–Trinajstić information content (AvgIpc) is 3.46. The summed E-state index contributed by atoms with van der Waals surface area (Å²) >= 11 is 1.34. The minimum absolute atomic E-state index is 0.0962. The number of nitrogens with two attached hydrogens (primary N) is 1. The minimum atomic E-state index is -0.921. The number of hydrogen-bond donors (Lipinski definition) is 4. The topological polar surface area (TPSA) is 174 Å². The lowest BCUT2D eigenvalue weighted by Gasteiger charge is -2.41. The second kappa shape index (κ2) is 14.6. The number of carbonyl (C=O) groups excluding carboxylic acids is 3. The van der Waals surface area contributed by atoms with E-state index in [1.807, 2.05) is 13.8 Å². The molecule has 1 fully saturated rings. The van der Waals surface area contributed by atoms with Crippen LogP contribution in [0, 0.1) is 17.7 Å². The minimum Gasteiger partial charge on any atom is -0.454 e. The first-order valence-corrected chi connectivity index (χ1v) is 15.4. The van der Waals surface area contributed by atoms with Crippen LogP contribution in [0.3, 0.4) is 0 Å². The summed E-state index contributed by atoms with van der Waals surface area (Å²) in [4.78, 5) is 46.7. The van der Waals surface area contributed by atoms with Crippen molar-refractivity contribution in [3.63, 3.8) is 0 Å². The van der Waals surface area contributed by atoms with Crippen molar-refractivity contribution in [2.24, 2.45) is 17.6 Å². The zero-order valence-corrected chi connectivity index (χ0v) is 26.1. The molecule has 1 saturated carbocycles. The summed E-state index contributed by atoms with van der Waals surface area (Å²) < 4.78 is 19.6. The highest BCUT2D eigenvalue weighted by Gasteiger charge is 2.41. The van der Waals surface area contributed by atoms with E-state index in [4.69, 9.17) is 10.5 Å². The third-order valence-electron chi connectivity index (χ3n) is 7.66. The highest BCUT2D eigenvalue weighted by Crippen LogP contribution is 2.43. The Morgan fingerprint density at radius 3 is 2.48 bits per heavy atom. The first-order chi connectivity index (χ1) is 21.0. The first kappa shape index (κ1) is 32.9. The van der Waals surface area contributed by atoms with Crippen molar-refractivity contribution in [1.82, 2.24) is 30.8 Å². The molecule has 44 heavy (non-hydrogen) atoms. The van der Waals surface area contributed by atoms with E-state index in [9.17, 15) is 18.8 Å². The highest BCUT2D eigenvalue weighted by atomic mass is 32.1. The Balaban J connectivity index is 1.24. The summed E-state index contributed by atoms with van der Waals surface area (Å²) in [6, 6.07) is 4.95. The molecule has 2 amide bonds. The van der Waals surface area contributed by atoms with E-state index in [1.165, 1.54) is 17.4 Å². The van der Waals surface area contributed by atoms with Gasteiger partial charge in [0, 0.05) is 29.2 Å². The normalized spacial score (nSPS) is 15.3. The van der Waals surface area contributed by atoms with Crippen LogP contribution in [0.2, 0.25) is 0 Å². The molecule has 5 N–H and O–H groups in total. The number of anilines is 1. The molecule has 1 aliphatic carbocycles. The lowest BCUT2D eigenvalue weighted by atomic mass is 9.66. The molecule has 4 rings (SSSR count). The van der Waals surface area contributed by atoms with Gasteiger partial charge in [0.05, 0.1) is 18.3 Å². The van der Waals surface area contributed by atoms with E-state index in [0.717, 1.165) is 24.1 Å². The van der Waals surface area contributed by atoms with Gasteiger partial charge < -0.3 is 26.4 Å². The molecule has 1 aliphatic rings. The molecular formula is C30H39FN8O4S. The summed E-state index contributed by atoms with van der Waals surface area (Å²) in [5, 5.41) is 17.8. The zero-order valence-electron chi connectivity index (χ0n) is 25.3. The van der Waals surface area contributed by atoms with Crippen LogP contribution in [0.1, 0.15) is 57.5 Å². The molecule has 3 aromatic rings. The predicted octanol–water partition coefficient (Wildman–Crippen LogP) is 2.95. The van der Waals surface area contributed by atoms with Crippen molar-refractivity contribution in [3.8, 4) is 10.7 Å². The standard InChI is InChI=1S/C30H39FN8O4S/c1-17(2)24(32)27(41)37-25(18(3)4)29(42)43-15-23(40)34-13-19-14-35-28(44-19)21-8-9-22(39-38-21)36-16-30(10-6-11-30)26-20(31)7-5-12-33-26/h5,7-9,12,14,17-18,24-25H,6,10-11,13,15-16,32H2,1-4H3,(H,34,40)(H,36,39)(H,37,41). The van der Waals surface area contributed by atoms with Gasteiger partial charge in [0.1, 0.15) is 28.4 Å². The van der Waals surface area contributed by atoms with Gasteiger partial charge in [-0.05, 0) is 48.9 Å². The number of hydrogen-bond acceptors (Lipinski definition) is 11. The van der Waals surface area contributed by atoms with Crippen LogP contribution >= 0.6 is 11.3 Å². The van der Waals surface area contributed by atoms with Gasteiger partial charge in [0.15, 0.2) is 6.61 Å². The van der Waals surface area contributed by atoms with Gasteiger partial charge in [0.25, 0.3) is 5.91 Å². The number of nitrogens with zero attached hydrogens (tertiary/aromatic N) is 4. The monoisotopic (exact) mass is 626 g/mol. The van der Waals surface area contributed by atoms with E-state index in [2.05, 4.69) is 36.1 Å². The summed E-state index contributed by atoms with van der Waals surface area (Å²) in [5.74, 6) is -1.73. The number of pyridine rings is 1. The Morgan fingerprint density at radius 2 is 1.86 bits per heavy atom. The van der Waals surface area contributed by atoms with Crippen LogP contribution in [0.25, 0.3) is 10.7 Å². The maximum atomic E-state index is 14.4. The Labute approximate surface area is 259 Å². The van der Waals surface area contributed by atoms with E-state index in [1.54, 1.807) is 44.4 Å². The van der Waals surface area contributed by atoms with Crippen LogP contribution < -0.4 is 21.7 Å². The molecule has 0 radical (unpaired) electrons. The number of nitrogens with one attached hydrogen (secondary N) is 3. The van der Waals surface area contributed by atoms with Gasteiger partial charge in [-0.3, -0.25) is 14.6 Å².